The van der Waals surface area contributed by atoms with Gasteiger partial charge in [0.25, 0.3) is 5.56 Å². The number of aromatic nitrogens is 5. The first kappa shape index (κ1) is 24.8. The van der Waals surface area contributed by atoms with Crippen LogP contribution in [-0.2, 0) is 11.3 Å². The van der Waals surface area contributed by atoms with Crippen LogP contribution in [0, 0.1) is 0 Å². The Hall–Kier alpha value is -3.34. The van der Waals surface area contributed by atoms with E-state index in [4.69, 9.17) is 5.73 Å². The number of hydrogen-bond acceptors (Lipinski definition) is 7. The van der Waals surface area contributed by atoms with E-state index < -0.39 is 11.2 Å². The van der Waals surface area contributed by atoms with Crippen LogP contribution in [0.15, 0.2) is 45.1 Å². The molecule has 186 valence electrons. The molecule has 1 aromatic carbocycles. The van der Waals surface area contributed by atoms with Crippen LogP contribution in [0.25, 0.3) is 0 Å². The van der Waals surface area contributed by atoms with Gasteiger partial charge in [-0.1, -0.05) is 68.3 Å². The van der Waals surface area contributed by atoms with Crippen LogP contribution in [0.5, 0.6) is 0 Å². The number of carbonyl (C=O) groups is 1. The van der Waals surface area contributed by atoms with Gasteiger partial charge in [0, 0.05) is 12.5 Å². The van der Waals surface area contributed by atoms with Crippen molar-refractivity contribution in [3.05, 3.63) is 62.6 Å². The molecular formula is C24H31N7O3S. The summed E-state index contributed by atoms with van der Waals surface area (Å²) in [6.07, 6.45) is 6.10. The summed E-state index contributed by atoms with van der Waals surface area (Å²) >= 11 is 1.22. The molecule has 10 nitrogen and oxygen atoms in total. The first-order valence-electron chi connectivity index (χ1n) is 12.0. The normalized spacial score (nSPS) is 13.9. The zero-order valence-corrected chi connectivity index (χ0v) is 20.6. The van der Waals surface area contributed by atoms with Crippen LogP contribution < -0.4 is 21.9 Å². The predicted octanol–water partition coefficient (Wildman–Crippen LogP) is 2.87. The second-order valence-corrected chi connectivity index (χ2v) is 9.68. The van der Waals surface area contributed by atoms with Gasteiger partial charge in [0.05, 0.1) is 12.3 Å². The number of amides is 1. The number of carbonyl (C=O) groups excluding carboxylic acids is 1. The second-order valence-electron chi connectivity index (χ2n) is 8.74. The van der Waals surface area contributed by atoms with Crippen LogP contribution >= 0.6 is 11.8 Å². The fraction of sp³-hybridized carbons (Fsp3) is 0.458. The Morgan fingerprint density at radius 1 is 1.23 bits per heavy atom. The van der Waals surface area contributed by atoms with Gasteiger partial charge >= 0.3 is 5.69 Å². The summed E-state index contributed by atoms with van der Waals surface area (Å²) in [5, 5.41) is 7.76. The third kappa shape index (κ3) is 5.84. The Balaban J connectivity index is 1.56. The number of aromatic amines is 2. The first-order valence-corrected chi connectivity index (χ1v) is 13.0. The van der Waals surface area contributed by atoms with Gasteiger partial charge in [0.2, 0.25) is 11.1 Å². The molecule has 0 aliphatic heterocycles. The van der Waals surface area contributed by atoms with E-state index in [1.807, 2.05) is 37.3 Å². The van der Waals surface area contributed by atoms with Crippen molar-refractivity contribution < 1.29 is 4.79 Å². The zero-order valence-electron chi connectivity index (χ0n) is 19.8. The van der Waals surface area contributed by atoms with E-state index in [1.54, 1.807) is 0 Å². The van der Waals surface area contributed by atoms with E-state index in [0.29, 0.717) is 24.0 Å². The lowest BCUT2D eigenvalue weighted by molar-refractivity contribution is -0.116. The first-order chi connectivity index (χ1) is 17.0. The highest BCUT2D eigenvalue weighted by Gasteiger charge is 2.25. The molecule has 4 N–H and O–H groups in total. The summed E-state index contributed by atoms with van der Waals surface area (Å²) in [5.74, 6) is 0.991. The van der Waals surface area contributed by atoms with Crippen molar-refractivity contribution in [3.63, 3.8) is 0 Å². The van der Waals surface area contributed by atoms with Gasteiger partial charge in [-0.3, -0.25) is 24.2 Å². The fourth-order valence-electron chi connectivity index (χ4n) is 4.35. The lowest BCUT2D eigenvalue weighted by Gasteiger charge is -2.24. The van der Waals surface area contributed by atoms with Gasteiger partial charge in [0.1, 0.15) is 11.6 Å². The molecule has 2 heterocycles. The maximum absolute atomic E-state index is 13.3. The molecule has 3 aromatic rings. The Bertz CT molecular complexity index is 1260. The molecule has 0 saturated heterocycles. The molecule has 1 aliphatic carbocycles. The standard InChI is InChI=1S/C24H31N7O3S/c1-2-3-13-30(18(32)15-35-23-26-21(28-29-23)17-11-7-8-12-17)19-20(25)31(24(34)27-22(19)33)14-16-9-5-4-6-10-16/h4-6,9-10,17H,2-3,7-8,11-15,25H2,1H3,(H,26,28,29)(H,27,33,34). The number of anilines is 2. The topological polar surface area (TPSA) is 143 Å². The molecule has 0 unspecified atom stereocenters. The van der Waals surface area contributed by atoms with E-state index in [2.05, 4.69) is 20.2 Å². The summed E-state index contributed by atoms with van der Waals surface area (Å²) in [6.45, 7) is 2.49. The van der Waals surface area contributed by atoms with E-state index in [1.165, 1.54) is 34.1 Å². The lowest BCUT2D eigenvalue weighted by Crippen LogP contribution is -2.42. The number of nitrogen functional groups attached to an aromatic ring is 1. The highest BCUT2D eigenvalue weighted by molar-refractivity contribution is 7.99. The van der Waals surface area contributed by atoms with Crippen LogP contribution in [0.1, 0.15) is 62.8 Å². The molecule has 1 saturated carbocycles. The van der Waals surface area contributed by atoms with Crippen LogP contribution in [0.4, 0.5) is 11.5 Å². The van der Waals surface area contributed by atoms with E-state index >= 15 is 0 Å². The van der Waals surface area contributed by atoms with E-state index in [-0.39, 0.29) is 29.7 Å². The number of nitrogens with one attached hydrogen (secondary N) is 2. The average molecular weight is 498 g/mol. The third-order valence-electron chi connectivity index (χ3n) is 6.25. The van der Waals surface area contributed by atoms with E-state index in [9.17, 15) is 14.4 Å². The van der Waals surface area contributed by atoms with Crippen molar-refractivity contribution in [2.75, 3.05) is 22.9 Å². The summed E-state index contributed by atoms with van der Waals surface area (Å²) in [5.41, 5.74) is 5.90. The molecule has 4 rings (SSSR count). The fourth-order valence-corrected chi connectivity index (χ4v) is 5.03. The molecule has 1 fully saturated rings. The molecule has 1 aliphatic rings. The second kappa shape index (κ2) is 11.4. The van der Waals surface area contributed by atoms with Crippen LogP contribution in [0.2, 0.25) is 0 Å². The quantitative estimate of drug-likeness (QED) is 0.366. The minimum absolute atomic E-state index is 0.00112. The van der Waals surface area contributed by atoms with Crippen molar-refractivity contribution >= 4 is 29.2 Å². The van der Waals surface area contributed by atoms with E-state index in [0.717, 1.165) is 30.7 Å². The smallest absolute Gasteiger partial charge is 0.330 e. The Labute approximate surface area is 207 Å². The maximum Gasteiger partial charge on any atom is 0.330 e. The van der Waals surface area contributed by atoms with Gasteiger partial charge in [-0.25, -0.2) is 9.78 Å². The summed E-state index contributed by atoms with van der Waals surface area (Å²) in [6, 6.07) is 9.33. The van der Waals surface area contributed by atoms with Gasteiger partial charge in [-0.2, -0.15) is 0 Å². The highest BCUT2D eigenvalue weighted by atomic mass is 32.2. The number of benzene rings is 1. The van der Waals surface area contributed by atoms with Gasteiger partial charge in [0.15, 0.2) is 5.69 Å². The molecule has 11 heteroatoms. The zero-order chi connectivity index (χ0) is 24.8. The van der Waals surface area contributed by atoms with Gasteiger partial charge in [-0.15, -0.1) is 5.10 Å². The Morgan fingerprint density at radius 2 is 1.97 bits per heavy atom. The largest absolute Gasteiger partial charge is 0.383 e. The number of nitrogens with two attached hydrogens (primary N) is 1. The van der Waals surface area contributed by atoms with Crippen molar-refractivity contribution in [3.8, 4) is 0 Å². The third-order valence-corrected chi connectivity index (χ3v) is 7.08. The van der Waals surface area contributed by atoms with Crippen molar-refractivity contribution in [2.45, 2.75) is 63.1 Å². The average Bonchev–Trinajstić information content (AvgIpc) is 3.55. The minimum Gasteiger partial charge on any atom is -0.383 e. The van der Waals surface area contributed by atoms with Crippen LogP contribution in [0.3, 0.4) is 0 Å². The molecule has 1 amide bonds. The molecule has 0 radical (unpaired) electrons. The summed E-state index contributed by atoms with van der Waals surface area (Å²) in [7, 11) is 0. The van der Waals surface area contributed by atoms with Crippen LogP contribution in [-0.4, -0.2) is 42.9 Å². The summed E-state index contributed by atoms with van der Waals surface area (Å²) in [4.78, 5) is 46.9. The molecule has 35 heavy (non-hydrogen) atoms. The van der Waals surface area contributed by atoms with Gasteiger partial charge in [-0.05, 0) is 24.8 Å². The molecule has 0 spiro atoms. The lowest BCUT2D eigenvalue weighted by atomic mass is 10.1. The van der Waals surface area contributed by atoms with Crippen molar-refractivity contribution in [1.82, 2.24) is 24.7 Å². The molecule has 2 aromatic heterocycles. The van der Waals surface area contributed by atoms with Gasteiger partial charge < -0.3 is 10.6 Å². The number of H-pyrrole nitrogens is 2. The number of rotatable bonds is 10. The predicted molar refractivity (Wildman–Crippen MR) is 137 cm³/mol. The number of thioether (sulfide) groups is 1. The molecule has 0 bridgehead atoms. The maximum atomic E-state index is 13.3. The monoisotopic (exact) mass is 497 g/mol. The highest BCUT2D eigenvalue weighted by Crippen LogP contribution is 2.32. The molecular weight excluding hydrogens is 466 g/mol. The Morgan fingerprint density at radius 3 is 2.69 bits per heavy atom. The number of hydrogen-bond donors (Lipinski definition) is 3. The minimum atomic E-state index is -0.673. The number of unbranched alkanes of at least 4 members (excludes halogenated alkanes) is 1. The van der Waals surface area contributed by atoms with Crippen molar-refractivity contribution in [2.24, 2.45) is 0 Å². The SMILES string of the molecule is CCCCN(C(=O)CSc1n[nH]c(C2CCCC2)n1)c1c(N)n(Cc2ccccc2)c(=O)[nH]c1=O. The Kier molecular flexibility index (Phi) is 8.06. The number of nitrogens with zero attached hydrogens (tertiary/aromatic N) is 4. The molecule has 0 atom stereocenters. The van der Waals surface area contributed by atoms with Crippen molar-refractivity contribution in [1.29, 1.82) is 0 Å². The summed E-state index contributed by atoms with van der Waals surface area (Å²) < 4.78 is 1.29.